The number of carbonyl (C=O) groups is 3. The summed E-state index contributed by atoms with van der Waals surface area (Å²) in [4.78, 5) is 35.3. The van der Waals surface area contributed by atoms with Gasteiger partial charge in [0.1, 0.15) is 0 Å². The lowest BCUT2D eigenvalue weighted by Gasteiger charge is -2.15. The number of nitrogens with two attached hydrogens (primary N) is 1. The van der Waals surface area contributed by atoms with Gasteiger partial charge in [0.2, 0.25) is 17.7 Å². The van der Waals surface area contributed by atoms with E-state index in [2.05, 4.69) is 16.0 Å². The van der Waals surface area contributed by atoms with Crippen LogP contribution in [0.1, 0.15) is 25.0 Å². The normalized spacial score (nSPS) is 11.3. The number of rotatable bonds is 7. The largest absolute Gasteiger partial charge is 0.346 e. The van der Waals surface area contributed by atoms with Crippen molar-refractivity contribution in [3.05, 3.63) is 29.3 Å². The molecule has 0 saturated carbocycles. The first-order chi connectivity index (χ1) is 11.2. The summed E-state index contributed by atoms with van der Waals surface area (Å²) >= 11 is 0. The third-order valence-electron chi connectivity index (χ3n) is 3.64. The van der Waals surface area contributed by atoms with Gasteiger partial charge in [-0.15, -0.1) is 12.4 Å². The molecule has 25 heavy (non-hydrogen) atoms. The van der Waals surface area contributed by atoms with Crippen molar-refractivity contribution < 1.29 is 14.4 Å². The van der Waals surface area contributed by atoms with E-state index in [0.29, 0.717) is 0 Å². The molecule has 0 aromatic heterocycles. The lowest BCUT2D eigenvalue weighted by molar-refractivity contribution is -0.127. The predicted molar refractivity (Wildman–Crippen MR) is 101 cm³/mol. The maximum Gasteiger partial charge on any atom is 0.243 e. The summed E-state index contributed by atoms with van der Waals surface area (Å²) in [6.45, 7) is 7.06. The highest BCUT2D eigenvalue weighted by molar-refractivity contribution is 5.96. The van der Waals surface area contributed by atoms with Crippen LogP contribution in [-0.4, -0.2) is 36.9 Å². The minimum atomic E-state index is -0.662. The summed E-state index contributed by atoms with van der Waals surface area (Å²) < 4.78 is 0. The first-order valence-corrected chi connectivity index (χ1v) is 7.88. The number of hydrogen-bond donors (Lipinski definition) is 4. The number of hydrogen-bond acceptors (Lipinski definition) is 4. The van der Waals surface area contributed by atoms with Gasteiger partial charge < -0.3 is 21.7 Å². The van der Waals surface area contributed by atoms with Gasteiger partial charge in [-0.05, 0) is 30.9 Å². The molecular weight excluding hydrogens is 344 g/mol. The van der Waals surface area contributed by atoms with Crippen LogP contribution in [0.2, 0.25) is 0 Å². The van der Waals surface area contributed by atoms with E-state index in [-0.39, 0.29) is 43.2 Å². The maximum atomic E-state index is 11.9. The van der Waals surface area contributed by atoms with Crippen LogP contribution in [0.15, 0.2) is 18.2 Å². The molecule has 7 nitrogen and oxygen atoms in total. The molecule has 0 radical (unpaired) electrons. The van der Waals surface area contributed by atoms with Gasteiger partial charge in [0, 0.05) is 5.69 Å². The molecule has 0 unspecified atom stereocenters. The second-order valence-corrected chi connectivity index (χ2v) is 6.08. The Balaban J connectivity index is 0.00000576. The van der Waals surface area contributed by atoms with Crippen molar-refractivity contribution in [1.29, 1.82) is 0 Å². The Morgan fingerprint density at radius 3 is 2.04 bits per heavy atom. The third kappa shape index (κ3) is 7.53. The summed E-state index contributed by atoms with van der Waals surface area (Å²) in [6.07, 6.45) is 0. The van der Waals surface area contributed by atoms with E-state index in [1.54, 1.807) is 0 Å². The maximum absolute atomic E-state index is 11.9. The molecule has 0 aliphatic rings. The molecule has 1 aromatic rings. The Kier molecular flexibility index (Phi) is 9.78. The number of para-hydroxylation sites is 1. The monoisotopic (exact) mass is 370 g/mol. The van der Waals surface area contributed by atoms with E-state index in [4.69, 9.17) is 5.73 Å². The molecule has 8 heteroatoms. The average Bonchev–Trinajstić information content (AvgIpc) is 2.53. The molecule has 1 rings (SSSR count). The Labute approximate surface area is 154 Å². The van der Waals surface area contributed by atoms with Crippen molar-refractivity contribution >= 4 is 35.8 Å². The Morgan fingerprint density at radius 1 is 1.00 bits per heavy atom. The molecule has 3 amide bonds. The first kappa shape index (κ1) is 22.9. The van der Waals surface area contributed by atoms with Gasteiger partial charge in [-0.3, -0.25) is 14.4 Å². The zero-order chi connectivity index (χ0) is 18.3. The van der Waals surface area contributed by atoms with Crippen LogP contribution in [0, 0.1) is 19.8 Å². The highest BCUT2D eigenvalue weighted by Gasteiger charge is 2.17. The molecule has 140 valence electrons. The van der Waals surface area contributed by atoms with Crippen LogP contribution in [0.3, 0.4) is 0 Å². The lowest BCUT2D eigenvalue weighted by Crippen LogP contribution is -2.47. The Bertz CT molecular complexity index is 600. The standard InChI is InChI=1S/C17H26N4O3.ClH/c1-10(2)15(18)17(24)20-8-13(22)19-9-14(23)21-16-11(3)6-5-7-12(16)4;/h5-7,10,15H,8-9,18H2,1-4H3,(H,19,22)(H,20,24)(H,21,23);1H/t15-;/m0./s1. The van der Waals surface area contributed by atoms with Gasteiger partial charge in [-0.1, -0.05) is 32.0 Å². The van der Waals surface area contributed by atoms with E-state index >= 15 is 0 Å². The fourth-order valence-corrected chi connectivity index (χ4v) is 2.02. The smallest absolute Gasteiger partial charge is 0.243 e. The number of anilines is 1. The van der Waals surface area contributed by atoms with Crippen LogP contribution in [-0.2, 0) is 14.4 Å². The minimum absolute atomic E-state index is 0. The molecule has 5 N–H and O–H groups in total. The van der Waals surface area contributed by atoms with E-state index in [0.717, 1.165) is 16.8 Å². The van der Waals surface area contributed by atoms with Crippen molar-refractivity contribution in [3.8, 4) is 0 Å². The van der Waals surface area contributed by atoms with Crippen LogP contribution >= 0.6 is 12.4 Å². The van der Waals surface area contributed by atoms with Gasteiger partial charge in [0.15, 0.2) is 0 Å². The SMILES string of the molecule is Cc1cccc(C)c1NC(=O)CNC(=O)CNC(=O)[C@@H](N)C(C)C.Cl. The number of halogens is 1. The second-order valence-electron chi connectivity index (χ2n) is 6.08. The van der Waals surface area contributed by atoms with Gasteiger partial charge in [-0.2, -0.15) is 0 Å². The lowest BCUT2D eigenvalue weighted by atomic mass is 10.1. The molecular formula is C17H27ClN4O3. The van der Waals surface area contributed by atoms with Crippen LogP contribution in [0.4, 0.5) is 5.69 Å². The Morgan fingerprint density at radius 2 is 1.52 bits per heavy atom. The minimum Gasteiger partial charge on any atom is -0.346 e. The summed E-state index contributed by atoms with van der Waals surface area (Å²) in [5.74, 6) is -1.18. The van der Waals surface area contributed by atoms with Crippen molar-refractivity contribution in [3.63, 3.8) is 0 Å². The zero-order valence-electron chi connectivity index (χ0n) is 15.0. The molecule has 1 aromatic carbocycles. The molecule has 0 bridgehead atoms. The summed E-state index contributed by atoms with van der Waals surface area (Å²) in [5.41, 5.74) is 8.32. The zero-order valence-corrected chi connectivity index (χ0v) is 15.8. The van der Waals surface area contributed by atoms with E-state index in [1.807, 2.05) is 45.9 Å². The highest BCUT2D eigenvalue weighted by atomic mass is 35.5. The molecule has 0 fully saturated rings. The fourth-order valence-electron chi connectivity index (χ4n) is 2.02. The molecule has 0 spiro atoms. The summed E-state index contributed by atoms with van der Waals surface area (Å²) in [5, 5.41) is 7.68. The van der Waals surface area contributed by atoms with E-state index in [1.165, 1.54) is 0 Å². The fraction of sp³-hybridized carbons (Fsp3) is 0.471. The average molecular weight is 371 g/mol. The Hall–Kier alpha value is -2.12. The van der Waals surface area contributed by atoms with Crippen molar-refractivity contribution in [1.82, 2.24) is 10.6 Å². The summed E-state index contributed by atoms with van der Waals surface area (Å²) in [6, 6.07) is 5.04. The number of benzene rings is 1. The molecule has 0 aliphatic carbocycles. The van der Waals surface area contributed by atoms with E-state index in [9.17, 15) is 14.4 Å². The van der Waals surface area contributed by atoms with Gasteiger partial charge >= 0.3 is 0 Å². The van der Waals surface area contributed by atoms with Gasteiger partial charge in [0.05, 0.1) is 19.1 Å². The molecule has 0 aliphatic heterocycles. The van der Waals surface area contributed by atoms with Crippen molar-refractivity contribution in [2.24, 2.45) is 11.7 Å². The summed E-state index contributed by atoms with van der Waals surface area (Å²) in [7, 11) is 0. The molecule has 0 saturated heterocycles. The second kappa shape index (κ2) is 10.7. The quantitative estimate of drug-likeness (QED) is 0.570. The van der Waals surface area contributed by atoms with Crippen molar-refractivity contribution in [2.45, 2.75) is 33.7 Å². The van der Waals surface area contributed by atoms with Gasteiger partial charge in [0.25, 0.3) is 0 Å². The van der Waals surface area contributed by atoms with Gasteiger partial charge in [-0.25, -0.2) is 0 Å². The first-order valence-electron chi connectivity index (χ1n) is 7.88. The topological polar surface area (TPSA) is 113 Å². The number of amides is 3. The third-order valence-corrected chi connectivity index (χ3v) is 3.64. The molecule has 1 atom stereocenters. The number of nitrogens with one attached hydrogen (secondary N) is 3. The van der Waals surface area contributed by atoms with Crippen molar-refractivity contribution in [2.75, 3.05) is 18.4 Å². The number of aryl methyl sites for hydroxylation is 2. The molecule has 0 heterocycles. The number of carbonyl (C=O) groups excluding carboxylic acids is 3. The van der Waals surface area contributed by atoms with E-state index < -0.39 is 11.9 Å². The van der Waals surface area contributed by atoms with Crippen LogP contribution in [0.5, 0.6) is 0 Å². The highest BCUT2D eigenvalue weighted by Crippen LogP contribution is 2.18. The van der Waals surface area contributed by atoms with Crippen LogP contribution in [0.25, 0.3) is 0 Å². The predicted octanol–water partition coefficient (Wildman–Crippen LogP) is 0.879. The van der Waals surface area contributed by atoms with Crippen LogP contribution < -0.4 is 21.7 Å².